The number of thiocarbonyl (C=S) groups is 1. The van der Waals surface area contributed by atoms with Gasteiger partial charge in [0.05, 0.1) is 7.11 Å². The van der Waals surface area contributed by atoms with Crippen LogP contribution in [-0.2, 0) is 5.75 Å². The number of hydrogen-bond acceptors (Lipinski definition) is 3. The summed E-state index contributed by atoms with van der Waals surface area (Å²) in [5, 5.41) is 4.06. The molecule has 0 amide bonds. The molecule has 1 aromatic carbocycles. The Labute approximate surface area is 112 Å². The molecular weight excluding hydrogens is 252 g/mol. The third-order valence-electron chi connectivity index (χ3n) is 2.59. The predicted octanol–water partition coefficient (Wildman–Crippen LogP) is 2.42. The maximum Gasteiger partial charge on any atom is 0.179 e. The van der Waals surface area contributed by atoms with Crippen molar-refractivity contribution >= 4 is 29.3 Å². The summed E-state index contributed by atoms with van der Waals surface area (Å²) >= 11 is 7.02. The lowest BCUT2D eigenvalue weighted by molar-refractivity contribution is 0.414. The first-order valence-electron chi connectivity index (χ1n) is 5.61. The molecule has 17 heavy (non-hydrogen) atoms. The molecule has 92 valence electrons. The van der Waals surface area contributed by atoms with Gasteiger partial charge >= 0.3 is 0 Å². The highest BCUT2D eigenvalue weighted by molar-refractivity contribution is 7.97. The molecule has 1 heterocycles. The van der Waals surface area contributed by atoms with Crippen molar-refractivity contribution in [1.29, 1.82) is 0 Å². The highest BCUT2D eigenvalue weighted by atomic mass is 32.2. The van der Waals surface area contributed by atoms with Crippen LogP contribution in [0.25, 0.3) is 0 Å². The van der Waals surface area contributed by atoms with Gasteiger partial charge in [0.25, 0.3) is 0 Å². The zero-order valence-corrected chi connectivity index (χ0v) is 11.4. The van der Waals surface area contributed by atoms with E-state index in [4.69, 9.17) is 17.0 Å². The zero-order valence-electron chi connectivity index (χ0n) is 9.81. The van der Waals surface area contributed by atoms with E-state index in [1.54, 1.807) is 19.1 Å². The molecule has 0 aromatic heterocycles. The Balaban J connectivity index is 1.86. The normalized spacial score (nSPS) is 15.6. The summed E-state index contributed by atoms with van der Waals surface area (Å²) in [5.74, 6) is 1.83. The van der Waals surface area contributed by atoms with Gasteiger partial charge in [0.1, 0.15) is 5.75 Å². The van der Waals surface area contributed by atoms with Gasteiger partial charge in [-0.05, 0) is 48.3 Å². The molecule has 2 rings (SSSR count). The molecule has 1 aliphatic rings. The topological polar surface area (TPSA) is 24.5 Å². The van der Waals surface area contributed by atoms with Crippen molar-refractivity contribution in [3.63, 3.8) is 0 Å². The Hall–Kier alpha value is -0.940. The third-order valence-corrected chi connectivity index (χ3v) is 4.21. The molecule has 0 spiro atoms. The van der Waals surface area contributed by atoms with Crippen LogP contribution in [0.3, 0.4) is 0 Å². The van der Waals surface area contributed by atoms with Crippen LogP contribution in [0.1, 0.15) is 12.0 Å². The van der Waals surface area contributed by atoms with Crippen LogP contribution in [0, 0.1) is 0 Å². The second-order valence-electron chi connectivity index (χ2n) is 3.81. The second kappa shape index (κ2) is 6.12. The highest BCUT2D eigenvalue weighted by Crippen LogP contribution is 2.21. The summed E-state index contributed by atoms with van der Waals surface area (Å²) in [6, 6.07) is 8.16. The van der Waals surface area contributed by atoms with Gasteiger partial charge in [-0.15, -0.1) is 0 Å². The highest BCUT2D eigenvalue weighted by Gasteiger charge is 2.14. The van der Waals surface area contributed by atoms with Gasteiger partial charge in [-0.1, -0.05) is 12.1 Å². The third kappa shape index (κ3) is 3.51. The Bertz CT molecular complexity index is 381. The van der Waals surface area contributed by atoms with E-state index in [1.165, 1.54) is 5.56 Å². The molecule has 0 atom stereocenters. The molecule has 0 aliphatic carbocycles. The summed E-state index contributed by atoms with van der Waals surface area (Å²) in [5.41, 5.74) is 1.28. The number of nitrogens with zero attached hydrogens (tertiary/aromatic N) is 1. The van der Waals surface area contributed by atoms with Crippen LogP contribution in [0.4, 0.5) is 0 Å². The lowest BCUT2D eigenvalue weighted by Crippen LogP contribution is -2.42. The molecule has 0 saturated carbocycles. The lowest BCUT2D eigenvalue weighted by atomic mass is 10.2. The Morgan fingerprint density at radius 3 is 2.82 bits per heavy atom. The SMILES string of the molecule is COc1ccc(CSN2CCCNC2=S)cc1. The van der Waals surface area contributed by atoms with Gasteiger partial charge in [-0.25, -0.2) is 0 Å². The number of nitrogens with one attached hydrogen (secondary N) is 1. The summed E-state index contributed by atoms with van der Waals surface area (Å²) in [6.45, 7) is 2.03. The van der Waals surface area contributed by atoms with Gasteiger partial charge in [0.15, 0.2) is 5.11 Å². The molecule has 1 aliphatic heterocycles. The van der Waals surface area contributed by atoms with Gasteiger partial charge in [0.2, 0.25) is 0 Å². The molecule has 0 radical (unpaired) electrons. The largest absolute Gasteiger partial charge is 0.497 e. The fraction of sp³-hybridized carbons (Fsp3) is 0.417. The smallest absolute Gasteiger partial charge is 0.179 e. The summed E-state index contributed by atoms with van der Waals surface area (Å²) in [4.78, 5) is 0. The molecule has 0 bridgehead atoms. The first-order valence-corrected chi connectivity index (χ1v) is 6.96. The fourth-order valence-electron chi connectivity index (χ4n) is 1.61. The van der Waals surface area contributed by atoms with E-state index in [2.05, 4.69) is 21.8 Å². The van der Waals surface area contributed by atoms with Crippen molar-refractivity contribution in [2.75, 3.05) is 20.2 Å². The number of ether oxygens (including phenoxy) is 1. The Kier molecular flexibility index (Phi) is 4.50. The van der Waals surface area contributed by atoms with E-state index in [1.807, 2.05) is 12.1 Å². The minimum absolute atomic E-state index is 0.856. The monoisotopic (exact) mass is 268 g/mol. The maximum atomic E-state index is 5.26. The van der Waals surface area contributed by atoms with Crippen molar-refractivity contribution in [3.8, 4) is 5.75 Å². The Morgan fingerprint density at radius 1 is 1.41 bits per heavy atom. The standard InChI is InChI=1S/C12H16N2OS2/c1-15-11-5-3-10(4-6-11)9-17-14-8-2-7-13-12(14)16/h3-6H,2,7-9H2,1H3,(H,13,16). The van der Waals surface area contributed by atoms with Crippen LogP contribution >= 0.6 is 24.2 Å². The predicted molar refractivity (Wildman–Crippen MR) is 76.2 cm³/mol. The minimum atomic E-state index is 0.856. The van der Waals surface area contributed by atoms with E-state index in [9.17, 15) is 0 Å². The minimum Gasteiger partial charge on any atom is -0.497 e. The van der Waals surface area contributed by atoms with Crippen LogP contribution in [-0.4, -0.2) is 29.6 Å². The summed E-state index contributed by atoms with van der Waals surface area (Å²) in [7, 11) is 1.68. The van der Waals surface area contributed by atoms with E-state index >= 15 is 0 Å². The molecule has 0 unspecified atom stereocenters. The van der Waals surface area contributed by atoms with Crippen molar-refractivity contribution in [2.45, 2.75) is 12.2 Å². The molecule has 1 aromatic rings. The van der Waals surface area contributed by atoms with Crippen LogP contribution < -0.4 is 10.1 Å². The molecule has 1 fully saturated rings. The average molecular weight is 268 g/mol. The van der Waals surface area contributed by atoms with Crippen molar-refractivity contribution in [1.82, 2.24) is 9.62 Å². The van der Waals surface area contributed by atoms with Crippen molar-refractivity contribution in [2.24, 2.45) is 0 Å². The number of hydrogen-bond donors (Lipinski definition) is 1. The van der Waals surface area contributed by atoms with Gasteiger partial charge < -0.3 is 10.1 Å². The van der Waals surface area contributed by atoms with Crippen molar-refractivity contribution in [3.05, 3.63) is 29.8 Å². The van der Waals surface area contributed by atoms with Crippen LogP contribution in [0.5, 0.6) is 5.75 Å². The van der Waals surface area contributed by atoms with E-state index in [0.29, 0.717) is 0 Å². The molecule has 1 N–H and O–H groups in total. The van der Waals surface area contributed by atoms with Crippen LogP contribution in [0.2, 0.25) is 0 Å². The number of methoxy groups -OCH3 is 1. The second-order valence-corrected chi connectivity index (χ2v) is 5.18. The summed E-state index contributed by atoms with van der Waals surface area (Å²) in [6.07, 6.45) is 1.15. The Morgan fingerprint density at radius 2 is 2.18 bits per heavy atom. The first kappa shape index (κ1) is 12.5. The first-order chi connectivity index (χ1) is 8.29. The average Bonchev–Trinajstić information content (AvgIpc) is 2.38. The quantitative estimate of drug-likeness (QED) is 0.668. The van der Waals surface area contributed by atoms with E-state index < -0.39 is 0 Å². The molecule has 1 saturated heterocycles. The zero-order chi connectivity index (χ0) is 12.1. The van der Waals surface area contributed by atoms with Crippen LogP contribution in [0.15, 0.2) is 24.3 Å². The summed E-state index contributed by atoms with van der Waals surface area (Å²) < 4.78 is 7.29. The van der Waals surface area contributed by atoms with Gasteiger partial charge in [-0.2, -0.15) is 0 Å². The van der Waals surface area contributed by atoms with Crippen molar-refractivity contribution < 1.29 is 4.74 Å². The van der Waals surface area contributed by atoms with E-state index in [-0.39, 0.29) is 0 Å². The number of rotatable bonds is 4. The molecular formula is C12H16N2OS2. The fourth-order valence-corrected chi connectivity index (χ4v) is 2.89. The lowest BCUT2D eigenvalue weighted by Gasteiger charge is -2.28. The molecule has 3 nitrogen and oxygen atoms in total. The van der Waals surface area contributed by atoms with Gasteiger partial charge in [-0.3, -0.25) is 4.31 Å². The number of benzene rings is 1. The van der Waals surface area contributed by atoms with E-state index in [0.717, 1.165) is 36.1 Å². The van der Waals surface area contributed by atoms with Gasteiger partial charge in [0, 0.05) is 18.8 Å². The maximum absolute atomic E-state index is 5.26. The molecule has 5 heteroatoms.